The molecule has 1 fully saturated rings. The van der Waals surface area contributed by atoms with Gasteiger partial charge in [-0.05, 0) is 55.7 Å². The first kappa shape index (κ1) is 20.4. The number of benzene rings is 2. The van der Waals surface area contributed by atoms with E-state index in [1.807, 2.05) is 42.5 Å². The quantitative estimate of drug-likeness (QED) is 0.464. The first-order valence-electron chi connectivity index (χ1n) is 10.3. The van der Waals surface area contributed by atoms with E-state index in [1.165, 1.54) is 0 Å². The zero-order valence-electron chi connectivity index (χ0n) is 16.9. The zero-order chi connectivity index (χ0) is 20.9. The predicted octanol–water partition coefficient (Wildman–Crippen LogP) is 5.55. The normalized spacial score (nSPS) is 16.1. The molecule has 3 aromatic rings. The van der Waals surface area contributed by atoms with Gasteiger partial charge in [0.05, 0.1) is 11.6 Å². The van der Waals surface area contributed by atoms with Gasteiger partial charge in [-0.1, -0.05) is 42.2 Å². The molecule has 0 radical (unpaired) electrons. The molecule has 2 aromatic carbocycles. The van der Waals surface area contributed by atoms with Crippen LogP contribution >= 0.6 is 11.6 Å². The first-order chi connectivity index (χ1) is 14.7. The molecule has 156 valence electrons. The lowest BCUT2D eigenvalue weighted by molar-refractivity contribution is 0.0710. The second-order valence-electron chi connectivity index (χ2n) is 7.32. The fraction of sp³-hybridized carbons (Fsp3) is 0.348. The molecule has 1 amide bonds. The van der Waals surface area contributed by atoms with E-state index in [-0.39, 0.29) is 11.9 Å². The van der Waals surface area contributed by atoms with Crippen molar-refractivity contribution < 1.29 is 14.1 Å². The summed E-state index contributed by atoms with van der Waals surface area (Å²) in [4.78, 5) is 19.4. The lowest BCUT2D eigenvalue weighted by Crippen LogP contribution is -2.30. The molecule has 4 rings (SSSR count). The van der Waals surface area contributed by atoms with E-state index >= 15 is 0 Å². The smallest absolute Gasteiger partial charge is 0.254 e. The van der Waals surface area contributed by atoms with Crippen molar-refractivity contribution in [3.63, 3.8) is 0 Å². The van der Waals surface area contributed by atoms with Crippen LogP contribution in [0.4, 0.5) is 0 Å². The topological polar surface area (TPSA) is 68.5 Å². The Morgan fingerprint density at radius 3 is 2.80 bits per heavy atom. The average Bonchev–Trinajstić information content (AvgIpc) is 3.44. The van der Waals surface area contributed by atoms with Crippen molar-refractivity contribution in [3.05, 3.63) is 65.0 Å². The van der Waals surface area contributed by atoms with Crippen molar-refractivity contribution in [2.45, 2.75) is 38.6 Å². The van der Waals surface area contributed by atoms with Crippen molar-refractivity contribution in [2.75, 3.05) is 13.2 Å². The Bertz CT molecular complexity index is 1000. The monoisotopic (exact) mass is 425 g/mol. The number of carbonyl (C=O) groups is 1. The van der Waals surface area contributed by atoms with Gasteiger partial charge >= 0.3 is 0 Å². The Balaban J connectivity index is 1.48. The highest BCUT2D eigenvalue weighted by atomic mass is 35.5. The lowest BCUT2D eigenvalue weighted by atomic mass is 10.1. The third-order valence-electron chi connectivity index (χ3n) is 5.22. The van der Waals surface area contributed by atoms with Gasteiger partial charge in [0.15, 0.2) is 0 Å². The number of aromatic nitrogens is 2. The standard InChI is InChI=1S/C23H24ClN3O3/c1-2-3-15-29-17-12-10-16(11-13-17)23(28)27-14-6-9-20(27)22-25-21(26-30-22)18-7-4-5-8-19(18)24/h4-5,7-8,10-13,20H,2-3,6,9,14-15H2,1H3. The molecule has 1 unspecified atom stereocenters. The number of halogens is 1. The molecular weight excluding hydrogens is 402 g/mol. The second kappa shape index (κ2) is 9.30. The highest BCUT2D eigenvalue weighted by molar-refractivity contribution is 6.33. The van der Waals surface area contributed by atoms with Crippen LogP contribution in [0.15, 0.2) is 53.1 Å². The Morgan fingerprint density at radius 2 is 2.03 bits per heavy atom. The van der Waals surface area contributed by atoms with Crippen LogP contribution in [0.2, 0.25) is 5.02 Å². The number of rotatable bonds is 7. The van der Waals surface area contributed by atoms with Crippen molar-refractivity contribution in [3.8, 4) is 17.1 Å². The van der Waals surface area contributed by atoms with E-state index in [9.17, 15) is 4.79 Å². The molecule has 0 spiro atoms. The van der Waals surface area contributed by atoms with Crippen molar-refractivity contribution >= 4 is 17.5 Å². The summed E-state index contributed by atoms with van der Waals surface area (Å²) >= 11 is 6.24. The molecular formula is C23H24ClN3O3. The molecule has 30 heavy (non-hydrogen) atoms. The largest absolute Gasteiger partial charge is 0.494 e. The molecule has 1 aliphatic heterocycles. The van der Waals surface area contributed by atoms with Gasteiger partial charge in [-0.15, -0.1) is 0 Å². The van der Waals surface area contributed by atoms with Gasteiger partial charge in [0.2, 0.25) is 11.7 Å². The molecule has 2 heterocycles. The molecule has 0 saturated carbocycles. The van der Waals surface area contributed by atoms with Gasteiger partial charge in [-0.2, -0.15) is 4.98 Å². The minimum Gasteiger partial charge on any atom is -0.494 e. The number of amides is 1. The summed E-state index contributed by atoms with van der Waals surface area (Å²) in [6.45, 7) is 3.46. The van der Waals surface area contributed by atoms with E-state index in [2.05, 4.69) is 17.1 Å². The number of nitrogens with zero attached hydrogens (tertiary/aromatic N) is 3. The van der Waals surface area contributed by atoms with E-state index in [1.54, 1.807) is 11.0 Å². The Hall–Kier alpha value is -2.86. The maximum atomic E-state index is 13.1. The molecule has 0 aliphatic carbocycles. The molecule has 7 heteroatoms. The molecule has 0 N–H and O–H groups in total. The maximum absolute atomic E-state index is 13.1. The zero-order valence-corrected chi connectivity index (χ0v) is 17.6. The summed E-state index contributed by atoms with van der Waals surface area (Å²) in [6, 6.07) is 14.4. The molecule has 1 aromatic heterocycles. The SMILES string of the molecule is CCCCOc1ccc(C(=O)N2CCCC2c2nc(-c3ccccc3Cl)no2)cc1. The van der Waals surface area contributed by atoms with Gasteiger partial charge < -0.3 is 14.2 Å². The van der Waals surface area contributed by atoms with Gasteiger partial charge in [-0.3, -0.25) is 4.79 Å². The molecule has 1 atom stereocenters. The van der Waals surface area contributed by atoms with Crippen LogP contribution in [0.3, 0.4) is 0 Å². The van der Waals surface area contributed by atoms with Crippen LogP contribution in [0, 0.1) is 0 Å². The fourth-order valence-corrected chi connectivity index (χ4v) is 3.80. The van der Waals surface area contributed by atoms with Gasteiger partial charge in [0.1, 0.15) is 11.8 Å². The summed E-state index contributed by atoms with van der Waals surface area (Å²) in [5.41, 5.74) is 1.33. The molecule has 1 aliphatic rings. The third-order valence-corrected chi connectivity index (χ3v) is 5.55. The predicted molar refractivity (Wildman–Crippen MR) is 115 cm³/mol. The number of carbonyl (C=O) groups excluding carboxylic acids is 1. The number of hydrogen-bond acceptors (Lipinski definition) is 5. The minimum atomic E-state index is -0.235. The lowest BCUT2D eigenvalue weighted by Gasteiger charge is -2.22. The average molecular weight is 426 g/mol. The second-order valence-corrected chi connectivity index (χ2v) is 7.73. The van der Waals surface area contributed by atoms with Crippen molar-refractivity contribution in [2.24, 2.45) is 0 Å². The van der Waals surface area contributed by atoms with Gasteiger partial charge in [-0.25, -0.2) is 0 Å². The number of likely N-dealkylation sites (tertiary alicyclic amines) is 1. The maximum Gasteiger partial charge on any atom is 0.254 e. The van der Waals surface area contributed by atoms with Crippen molar-refractivity contribution in [1.29, 1.82) is 0 Å². The highest BCUT2D eigenvalue weighted by Crippen LogP contribution is 2.34. The van der Waals surface area contributed by atoms with E-state index in [0.717, 1.165) is 31.4 Å². The number of ether oxygens (including phenoxy) is 1. The van der Waals surface area contributed by atoms with E-state index < -0.39 is 0 Å². The summed E-state index contributed by atoms with van der Waals surface area (Å²) < 4.78 is 11.2. The summed E-state index contributed by atoms with van der Waals surface area (Å²) in [7, 11) is 0. The Kier molecular flexibility index (Phi) is 6.33. The summed E-state index contributed by atoms with van der Waals surface area (Å²) in [6.07, 6.45) is 3.77. The molecule has 1 saturated heterocycles. The van der Waals surface area contributed by atoms with Crippen LogP contribution in [0.5, 0.6) is 5.75 Å². The van der Waals surface area contributed by atoms with E-state index in [0.29, 0.717) is 41.0 Å². The van der Waals surface area contributed by atoms with Crippen LogP contribution in [-0.4, -0.2) is 34.1 Å². The minimum absolute atomic E-state index is 0.0462. The molecule has 0 bridgehead atoms. The fourth-order valence-electron chi connectivity index (χ4n) is 3.58. The first-order valence-corrected chi connectivity index (χ1v) is 10.7. The van der Waals surface area contributed by atoms with Crippen LogP contribution in [0.1, 0.15) is 54.9 Å². The van der Waals surface area contributed by atoms with E-state index in [4.69, 9.17) is 20.9 Å². The van der Waals surface area contributed by atoms with Crippen LogP contribution < -0.4 is 4.74 Å². The Morgan fingerprint density at radius 1 is 1.23 bits per heavy atom. The summed E-state index contributed by atoms with van der Waals surface area (Å²) in [5, 5.41) is 4.64. The summed E-state index contributed by atoms with van der Waals surface area (Å²) in [5.74, 6) is 1.60. The number of hydrogen-bond donors (Lipinski definition) is 0. The van der Waals surface area contributed by atoms with Crippen LogP contribution in [0.25, 0.3) is 11.4 Å². The van der Waals surface area contributed by atoms with Crippen molar-refractivity contribution in [1.82, 2.24) is 15.0 Å². The highest BCUT2D eigenvalue weighted by Gasteiger charge is 2.34. The molecule has 6 nitrogen and oxygen atoms in total. The Labute approximate surface area is 180 Å². The number of unbranched alkanes of at least 4 members (excludes halogenated alkanes) is 1. The third kappa shape index (κ3) is 4.33. The van der Waals surface area contributed by atoms with Crippen LogP contribution in [-0.2, 0) is 0 Å². The van der Waals surface area contributed by atoms with Gasteiger partial charge in [0, 0.05) is 17.7 Å². The van der Waals surface area contributed by atoms with Gasteiger partial charge in [0.25, 0.3) is 5.91 Å².